The highest BCUT2D eigenvalue weighted by Gasteiger charge is 2.20. The third-order valence-electron chi connectivity index (χ3n) is 4.42. The fourth-order valence-electron chi connectivity index (χ4n) is 3.52. The third kappa shape index (κ3) is 2.07. The molecule has 0 fully saturated rings. The van der Waals surface area contributed by atoms with Gasteiger partial charge in [-0.1, -0.05) is 0 Å². The van der Waals surface area contributed by atoms with Crippen molar-refractivity contribution in [2.45, 2.75) is 20.8 Å². The predicted octanol–water partition coefficient (Wildman–Crippen LogP) is 3.17. The van der Waals surface area contributed by atoms with Crippen LogP contribution in [0.1, 0.15) is 16.7 Å². The molecule has 0 saturated heterocycles. The second-order valence-electron chi connectivity index (χ2n) is 5.83. The van der Waals surface area contributed by atoms with E-state index in [1.165, 1.54) is 16.7 Å². The van der Waals surface area contributed by atoms with Gasteiger partial charge in [0, 0.05) is 37.2 Å². The van der Waals surface area contributed by atoms with Crippen molar-refractivity contribution >= 4 is 0 Å². The molecule has 6 heteroatoms. The van der Waals surface area contributed by atoms with Crippen LogP contribution in [0.15, 0.2) is 56.2 Å². The summed E-state index contributed by atoms with van der Waals surface area (Å²) in [5, 5.41) is 0. The minimum atomic E-state index is 1.13. The van der Waals surface area contributed by atoms with E-state index in [-0.39, 0.29) is 0 Å². The maximum atomic E-state index is 4.21. The Kier molecular flexibility index (Phi) is 3.30. The molecule has 0 aliphatic rings. The molecule has 0 bridgehead atoms. The van der Waals surface area contributed by atoms with Crippen molar-refractivity contribution < 1.29 is 0 Å². The Morgan fingerprint density at radius 3 is 1.04 bits per heavy atom. The average Bonchev–Trinajstić information content (AvgIpc) is 3.31. The predicted molar refractivity (Wildman–Crippen MR) is 92.0 cm³/mol. The van der Waals surface area contributed by atoms with E-state index in [1.54, 1.807) is 18.6 Å². The molecule has 0 unspecified atom stereocenters. The van der Waals surface area contributed by atoms with Crippen LogP contribution in [0.2, 0.25) is 0 Å². The van der Waals surface area contributed by atoms with Crippen LogP contribution in [0.25, 0.3) is 17.1 Å². The highest BCUT2D eigenvalue weighted by Crippen LogP contribution is 2.34. The highest BCUT2D eigenvalue weighted by atomic mass is 15.1. The number of benzene rings is 1. The molecule has 24 heavy (non-hydrogen) atoms. The van der Waals surface area contributed by atoms with Gasteiger partial charge in [-0.25, -0.2) is 15.0 Å². The Bertz CT molecular complexity index is 813. The Morgan fingerprint density at radius 1 is 0.542 bits per heavy atom. The summed E-state index contributed by atoms with van der Waals surface area (Å²) in [5.74, 6) is 0. The maximum absolute atomic E-state index is 4.21. The van der Waals surface area contributed by atoms with Gasteiger partial charge in [-0.15, -0.1) is 0 Å². The fourth-order valence-corrected chi connectivity index (χ4v) is 3.52. The molecule has 0 N–H and O–H groups in total. The van der Waals surface area contributed by atoms with Crippen LogP contribution < -0.4 is 0 Å². The molecule has 0 spiro atoms. The summed E-state index contributed by atoms with van der Waals surface area (Å²) in [7, 11) is 0. The lowest BCUT2D eigenvalue weighted by Gasteiger charge is -2.23. The summed E-state index contributed by atoms with van der Waals surface area (Å²) in [6, 6.07) is 0. The molecule has 4 rings (SSSR count). The number of aromatic nitrogens is 6. The third-order valence-corrected chi connectivity index (χ3v) is 4.42. The van der Waals surface area contributed by atoms with Crippen molar-refractivity contribution in [3.8, 4) is 17.1 Å². The monoisotopic (exact) mass is 318 g/mol. The van der Waals surface area contributed by atoms with Crippen LogP contribution >= 0.6 is 0 Å². The van der Waals surface area contributed by atoms with Gasteiger partial charge in [0.2, 0.25) is 0 Å². The van der Waals surface area contributed by atoms with Crippen molar-refractivity contribution in [3.63, 3.8) is 0 Å². The molecular weight excluding hydrogens is 300 g/mol. The highest BCUT2D eigenvalue weighted by molar-refractivity contribution is 5.70. The van der Waals surface area contributed by atoms with Crippen molar-refractivity contribution in [3.05, 3.63) is 72.9 Å². The van der Waals surface area contributed by atoms with Gasteiger partial charge in [0.15, 0.2) is 0 Å². The van der Waals surface area contributed by atoms with Gasteiger partial charge >= 0.3 is 0 Å². The first-order valence-electron chi connectivity index (χ1n) is 7.77. The summed E-state index contributed by atoms with van der Waals surface area (Å²) >= 11 is 0. The summed E-state index contributed by atoms with van der Waals surface area (Å²) in [6.45, 7) is 6.42. The van der Waals surface area contributed by atoms with E-state index >= 15 is 0 Å². The second-order valence-corrected chi connectivity index (χ2v) is 5.83. The standard InChI is InChI=1S/C18H18N6/c1-13-16(22-7-4-19-10-22)14(2)18(24-9-6-21-12-24)15(3)17(13)23-8-5-20-11-23/h4-12H,1-3H3. The minimum absolute atomic E-state index is 1.13. The number of imidazole rings is 3. The van der Waals surface area contributed by atoms with Crippen molar-refractivity contribution in [1.29, 1.82) is 0 Å². The summed E-state index contributed by atoms with van der Waals surface area (Å²) in [4.78, 5) is 12.6. The van der Waals surface area contributed by atoms with Crippen LogP contribution in [0.4, 0.5) is 0 Å². The lowest BCUT2D eigenvalue weighted by Crippen LogP contribution is -2.11. The van der Waals surface area contributed by atoms with Crippen molar-refractivity contribution in [2.24, 2.45) is 0 Å². The van der Waals surface area contributed by atoms with Crippen LogP contribution in [0.5, 0.6) is 0 Å². The number of nitrogens with zero attached hydrogens (tertiary/aromatic N) is 6. The van der Waals surface area contributed by atoms with Crippen LogP contribution in [-0.2, 0) is 0 Å². The van der Waals surface area contributed by atoms with Crippen molar-refractivity contribution in [2.75, 3.05) is 0 Å². The van der Waals surface area contributed by atoms with E-state index in [4.69, 9.17) is 0 Å². The van der Waals surface area contributed by atoms with Crippen LogP contribution in [0, 0.1) is 20.8 Å². The van der Waals surface area contributed by atoms with Crippen LogP contribution in [-0.4, -0.2) is 28.7 Å². The van der Waals surface area contributed by atoms with Crippen molar-refractivity contribution in [1.82, 2.24) is 28.7 Å². The summed E-state index contributed by atoms with van der Waals surface area (Å²) in [5.41, 5.74) is 6.95. The zero-order valence-electron chi connectivity index (χ0n) is 13.9. The molecule has 0 radical (unpaired) electrons. The Morgan fingerprint density at radius 2 is 0.833 bits per heavy atom. The molecule has 3 heterocycles. The molecule has 120 valence electrons. The Hall–Kier alpha value is -3.15. The quantitative estimate of drug-likeness (QED) is 0.583. The average molecular weight is 318 g/mol. The number of rotatable bonds is 3. The molecule has 3 aromatic heterocycles. The molecule has 4 aromatic rings. The van der Waals surface area contributed by atoms with Gasteiger partial charge in [0.25, 0.3) is 0 Å². The molecule has 0 amide bonds. The maximum Gasteiger partial charge on any atom is 0.0991 e. The normalized spacial score (nSPS) is 11.1. The summed E-state index contributed by atoms with van der Waals surface area (Å²) in [6.07, 6.45) is 16.8. The number of hydrogen-bond donors (Lipinski definition) is 0. The lowest BCUT2D eigenvalue weighted by molar-refractivity contribution is 0.938. The van der Waals surface area contributed by atoms with E-state index < -0.39 is 0 Å². The molecule has 1 aromatic carbocycles. The molecule has 0 atom stereocenters. The van der Waals surface area contributed by atoms with E-state index in [2.05, 4.69) is 49.4 Å². The Balaban J connectivity index is 2.12. The first-order valence-corrected chi connectivity index (χ1v) is 7.77. The van der Waals surface area contributed by atoms with Gasteiger partial charge in [-0.2, -0.15) is 0 Å². The van der Waals surface area contributed by atoms with Gasteiger partial charge in [-0.3, -0.25) is 0 Å². The lowest BCUT2D eigenvalue weighted by atomic mass is 9.98. The fraction of sp³-hybridized carbons (Fsp3) is 0.167. The first kappa shape index (κ1) is 14.4. The van der Waals surface area contributed by atoms with Gasteiger partial charge in [0.05, 0.1) is 36.0 Å². The Labute approximate surface area is 140 Å². The van der Waals surface area contributed by atoms with E-state index in [1.807, 2.05) is 37.6 Å². The molecule has 0 saturated carbocycles. The SMILES string of the molecule is Cc1c(-n2ccnc2)c(C)c(-n2ccnc2)c(C)c1-n1ccnc1. The zero-order chi connectivity index (χ0) is 16.7. The molecule has 6 nitrogen and oxygen atoms in total. The van der Waals surface area contributed by atoms with Gasteiger partial charge in [0.1, 0.15) is 0 Å². The minimum Gasteiger partial charge on any atom is -0.306 e. The second kappa shape index (κ2) is 5.49. The zero-order valence-corrected chi connectivity index (χ0v) is 13.9. The number of hydrogen-bond acceptors (Lipinski definition) is 3. The van der Waals surface area contributed by atoms with E-state index in [0.29, 0.717) is 0 Å². The van der Waals surface area contributed by atoms with Crippen LogP contribution in [0.3, 0.4) is 0 Å². The topological polar surface area (TPSA) is 53.5 Å². The van der Waals surface area contributed by atoms with Gasteiger partial charge < -0.3 is 13.7 Å². The smallest absolute Gasteiger partial charge is 0.0991 e. The largest absolute Gasteiger partial charge is 0.306 e. The summed E-state index contributed by atoms with van der Waals surface area (Å²) < 4.78 is 6.18. The molecule has 0 aliphatic carbocycles. The van der Waals surface area contributed by atoms with E-state index in [9.17, 15) is 0 Å². The molecular formula is C18H18N6. The van der Waals surface area contributed by atoms with E-state index in [0.717, 1.165) is 17.1 Å². The first-order chi connectivity index (χ1) is 11.7. The molecule has 0 aliphatic heterocycles. The van der Waals surface area contributed by atoms with Gasteiger partial charge in [-0.05, 0) is 37.5 Å².